The van der Waals surface area contributed by atoms with Crippen molar-refractivity contribution in [1.29, 1.82) is 0 Å². The molecule has 0 aromatic carbocycles. The van der Waals surface area contributed by atoms with E-state index in [1.807, 2.05) is 20.8 Å². The quantitative estimate of drug-likeness (QED) is 0.747. The van der Waals surface area contributed by atoms with Crippen LogP contribution in [0.3, 0.4) is 0 Å². The molecule has 2 aliphatic rings. The minimum Gasteiger partial charge on any atom is -0.388 e. The molecule has 1 aliphatic heterocycles. The van der Waals surface area contributed by atoms with Crippen LogP contribution in [-0.2, 0) is 4.74 Å². The maximum Gasteiger partial charge on any atom is 0.315 e. The second kappa shape index (κ2) is 7.64. The van der Waals surface area contributed by atoms with E-state index >= 15 is 0 Å². The van der Waals surface area contributed by atoms with Gasteiger partial charge in [-0.2, -0.15) is 0 Å². The number of hydrogen-bond donors (Lipinski definition) is 3. The van der Waals surface area contributed by atoms with Gasteiger partial charge in [0.1, 0.15) is 0 Å². The topological polar surface area (TPSA) is 70.6 Å². The van der Waals surface area contributed by atoms with Crippen molar-refractivity contribution in [3.8, 4) is 0 Å². The van der Waals surface area contributed by atoms with E-state index in [1.165, 1.54) is 19.3 Å². The van der Waals surface area contributed by atoms with E-state index in [0.717, 1.165) is 25.7 Å². The number of rotatable bonds is 4. The molecule has 0 bridgehead atoms. The first-order valence-electron chi connectivity index (χ1n) is 8.79. The van der Waals surface area contributed by atoms with Crippen LogP contribution in [-0.4, -0.2) is 41.5 Å². The van der Waals surface area contributed by atoms with E-state index in [2.05, 4.69) is 10.6 Å². The second-order valence-corrected chi connectivity index (χ2v) is 7.44. The summed E-state index contributed by atoms with van der Waals surface area (Å²) < 4.78 is 5.68. The summed E-state index contributed by atoms with van der Waals surface area (Å²) >= 11 is 0. The number of carbonyl (C=O) groups is 1. The fraction of sp³-hybridized carbons (Fsp3) is 0.941. The Hall–Kier alpha value is -0.810. The summed E-state index contributed by atoms with van der Waals surface area (Å²) in [5.74, 6) is 0.296. The van der Waals surface area contributed by atoms with Crippen LogP contribution in [0.4, 0.5) is 4.79 Å². The zero-order valence-corrected chi connectivity index (χ0v) is 14.2. The van der Waals surface area contributed by atoms with Crippen molar-refractivity contribution in [2.24, 2.45) is 5.92 Å². The van der Waals surface area contributed by atoms with Gasteiger partial charge in [-0.15, -0.1) is 0 Å². The normalized spacial score (nSPS) is 33.0. The van der Waals surface area contributed by atoms with Gasteiger partial charge in [0.2, 0.25) is 0 Å². The van der Waals surface area contributed by atoms with Crippen LogP contribution in [0.2, 0.25) is 0 Å². The predicted molar refractivity (Wildman–Crippen MR) is 86.8 cm³/mol. The van der Waals surface area contributed by atoms with Crippen LogP contribution < -0.4 is 10.6 Å². The van der Waals surface area contributed by atoms with Gasteiger partial charge in [0.25, 0.3) is 0 Å². The molecule has 22 heavy (non-hydrogen) atoms. The summed E-state index contributed by atoms with van der Waals surface area (Å²) in [6, 6.07) is -0.0271. The molecule has 0 spiro atoms. The summed E-state index contributed by atoms with van der Waals surface area (Å²) in [5, 5.41) is 16.5. The molecule has 0 aromatic heterocycles. The molecule has 1 aliphatic carbocycles. The number of aliphatic hydroxyl groups is 1. The predicted octanol–water partition coefficient (Wildman–Crippen LogP) is 2.57. The molecule has 0 radical (unpaired) electrons. The molecule has 3 atom stereocenters. The summed E-state index contributed by atoms with van der Waals surface area (Å²) in [6.07, 6.45) is 7.80. The number of nitrogens with one attached hydrogen (secondary N) is 2. The smallest absolute Gasteiger partial charge is 0.315 e. The largest absolute Gasteiger partial charge is 0.388 e. The van der Waals surface area contributed by atoms with Crippen LogP contribution in [0.1, 0.15) is 65.7 Å². The van der Waals surface area contributed by atoms with Gasteiger partial charge in [-0.25, -0.2) is 4.79 Å². The highest BCUT2D eigenvalue weighted by atomic mass is 16.5. The van der Waals surface area contributed by atoms with E-state index in [9.17, 15) is 9.90 Å². The number of urea groups is 1. The molecule has 5 heteroatoms. The van der Waals surface area contributed by atoms with Gasteiger partial charge >= 0.3 is 6.03 Å². The Labute approximate surface area is 134 Å². The van der Waals surface area contributed by atoms with Gasteiger partial charge in [0, 0.05) is 12.6 Å². The molecular weight excluding hydrogens is 280 g/mol. The van der Waals surface area contributed by atoms with E-state index in [-0.39, 0.29) is 24.3 Å². The van der Waals surface area contributed by atoms with E-state index < -0.39 is 5.60 Å². The minimum atomic E-state index is -0.811. The Morgan fingerprint density at radius 3 is 2.36 bits per heavy atom. The fourth-order valence-electron chi connectivity index (χ4n) is 3.89. The Morgan fingerprint density at radius 2 is 1.77 bits per heavy atom. The summed E-state index contributed by atoms with van der Waals surface area (Å²) in [7, 11) is 0. The van der Waals surface area contributed by atoms with Crippen molar-refractivity contribution < 1.29 is 14.6 Å². The molecule has 0 aromatic rings. The van der Waals surface area contributed by atoms with Crippen molar-refractivity contribution >= 4 is 6.03 Å². The van der Waals surface area contributed by atoms with Crippen molar-refractivity contribution in [3.05, 3.63) is 0 Å². The van der Waals surface area contributed by atoms with Gasteiger partial charge in [-0.05, 0) is 52.4 Å². The highest BCUT2D eigenvalue weighted by Crippen LogP contribution is 2.32. The number of carbonyl (C=O) groups excluding carboxylic acids is 1. The Bertz CT molecular complexity index is 357. The zero-order valence-electron chi connectivity index (χ0n) is 14.2. The average Bonchev–Trinajstić information content (AvgIpc) is 2.45. The fourth-order valence-corrected chi connectivity index (χ4v) is 3.89. The van der Waals surface area contributed by atoms with Crippen molar-refractivity contribution in [2.75, 3.05) is 6.54 Å². The highest BCUT2D eigenvalue weighted by molar-refractivity contribution is 5.74. The van der Waals surface area contributed by atoms with Crippen LogP contribution in [0.5, 0.6) is 0 Å². The van der Waals surface area contributed by atoms with Crippen LogP contribution >= 0.6 is 0 Å². The van der Waals surface area contributed by atoms with Gasteiger partial charge in [-0.3, -0.25) is 0 Å². The third-order valence-corrected chi connectivity index (χ3v) is 5.12. The maximum absolute atomic E-state index is 12.1. The molecule has 2 fully saturated rings. The third-order valence-electron chi connectivity index (χ3n) is 5.12. The maximum atomic E-state index is 12.1. The third kappa shape index (κ3) is 5.13. The Morgan fingerprint density at radius 1 is 1.18 bits per heavy atom. The second-order valence-electron chi connectivity index (χ2n) is 7.44. The average molecular weight is 312 g/mol. The standard InChI is InChI=1S/C17H32N2O3/c1-12-9-15(10-13(2)22-12)19-16(20)18-11-17(3,21)14-7-5-4-6-8-14/h12-15,21H,4-11H2,1-3H3,(H2,18,19,20)/t12-,13-,17+/m1/s1. The first-order chi connectivity index (χ1) is 10.4. The molecule has 128 valence electrons. The summed E-state index contributed by atoms with van der Waals surface area (Å²) in [6.45, 7) is 6.24. The highest BCUT2D eigenvalue weighted by Gasteiger charge is 2.33. The first-order valence-corrected chi connectivity index (χ1v) is 8.79. The summed E-state index contributed by atoms with van der Waals surface area (Å²) in [4.78, 5) is 12.1. The molecular formula is C17H32N2O3. The SMILES string of the molecule is C[C@@H]1CC(NC(=O)NC[C@](C)(O)C2CCCCC2)C[C@@H](C)O1. The monoisotopic (exact) mass is 312 g/mol. The number of ether oxygens (including phenoxy) is 1. The van der Waals surface area contributed by atoms with Gasteiger partial charge in [0.05, 0.1) is 17.8 Å². The molecule has 2 amide bonds. The number of hydrogen-bond acceptors (Lipinski definition) is 3. The van der Waals surface area contributed by atoms with Crippen LogP contribution in [0.15, 0.2) is 0 Å². The van der Waals surface area contributed by atoms with Crippen LogP contribution in [0, 0.1) is 5.92 Å². The van der Waals surface area contributed by atoms with Crippen molar-refractivity contribution in [2.45, 2.75) is 89.6 Å². The lowest BCUT2D eigenvalue weighted by atomic mass is 9.78. The molecule has 1 saturated carbocycles. The van der Waals surface area contributed by atoms with E-state index in [0.29, 0.717) is 12.5 Å². The lowest BCUT2D eigenvalue weighted by molar-refractivity contribution is -0.0406. The number of amides is 2. The molecule has 0 unspecified atom stereocenters. The molecule has 2 rings (SSSR count). The van der Waals surface area contributed by atoms with Gasteiger partial charge in [0.15, 0.2) is 0 Å². The zero-order chi connectivity index (χ0) is 16.2. The Balaban J connectivity index is 1.74. The van der Waals surface area contributed by atoms with Crippen molar-refractivity contribution in [3.63, 3.8) is 0 Å². The molecule has 5 nitrogen and oxygen atoms in total. The van der Waals surface area contributed by atoms with E-state index in [1.54, 1.807) is 0 Å². The first kappa shape index (κ1) is 17.5. The van der Waals surface area contributed by atoms with Crippen molar-refractivity contribution in [1.82, 2.24) is 10.6 Å². The molecule has 1 heterocycles. The molecule has 3 N–H and O–H groups in total. The Kier molecular flexibility index (Phi) is 6.09. The lowest BCUT2D eigenvalue weighted by Crippen LogP contribution is -2.52. The molecule has 1 saturated heterocycles. The van der Waals surface area contributed by atoms with Gasteiger partial charge < -0.3 is 20.5 Å². The van der Waals surface area contributed by atoms with Crippen LogP contribution in [0.25, 0.3) is 0 Å². The minimum absolute atomic E-state index is 0.151. The van der Waals surface area contributed by atoms with Gasteiger partial charge in [-0.1, -0.05) is 19.3 Å². The lowest BCUT2D eigenvalue weighted by Gasteiger charge is -2.36. The van der Waals surface area contributed by atoms with E-state index in [4.69, 9.17) is 4.74 Å². The summed E-state index contributed by atoms with van der Waals surface area (Å²) in [5.41, 5.74) is -0.811.